The molecule has 40 heavy (non-hydrogen) atoms. The van der Waals surface area contributed by atoms with Gasteiger partial charge < -0.3 is 9.84 Å². The highest BCUT2D eigenvalue weighted by atomic mass is 79.9. The lowest BCUT2D eigenvalue weighted by Gasteiger charge is -2.50. The van der Waals surface area contributed by atoms with Gasteiger partial charge in [0.1, 0.15) is 0 Å². The summed E-state index contributed by atoms with van der Waals surface area (Å²) in [5, 5.41) is 10.4. The van der Waals surface area contributed by atoms with Crippen molar-refractivity contribution in [2.24, 2.45) is 17.8 Å². The Hall–Kier alpha value is -1.81. The van der Waals surface area contributed by atoms with E-state index in [-0.39, 0.29) is 46.3 Å². The Morgan fingerprint density at radius 1 is 1.05 bits per heavy atom. The summed E-state index contributed by atoms with van der Waals surface area (Å²) in [4.78, 5) is 53.9. The number of nitrogens with zero attached hydrogens (tertiary/aromatic N) is 2. The van der Waals surface area contributed by atoms with Crippen molar-refractivity contribution in [3.63, 3.8) is 0 Å². The van der Waals surface area contributed by atoms with Gasteiger partial charge in [0.05, 0.1) is 29.4 Å². The van der Waals surface area contributed by atoms with Gasteiger partial charge in [-0.3, -0.25) is 29.0 Å². The molecule has 214 valence electrons. The van der Waals surface area contributed by atoms with Crippen molar-refractivity contribution < 1.29 is 29.0 Å². The molecular weight excluding hydrogens is 647 g/mol. The summed E-state index contributed by atoms with van der Waals surface area (Å²) in [7, 11) is 1.37. The molecule has 0 unspecified atom stereocenters. The maximum atomic E-state index is 14.0. The molecule has 6 rings (SSSR count). The number of carbonyl (C=O) groups is 4. The van der Waals surface area contributed by atoms with Gasteiger partial charge in [-0.2, -0.15) is 0 Å². The SMILES string of the molecule is COc1cc([C@H]2C3=CC[C@@H]4C(=O)N(C5CCCCC5)C(=O)[C@@H]4[C@@H]3C[C@@]3(Cl)C(=O)N(CBr)C(=O)[C@@]23Cl)cc(Cl)c1O. The smallest absolute Gasteiger partial charge is 0.254 e. The molecule has 4 amide bonds. The number of aromatic hydroxyl groups is 1. The lowest BCUT2D eigenvalue weighted by Crippen LogP contribution is -2.60. The number of ether oxygens (including phenoxy) is 1. The first kappa shape index (κ1) is 28.3. The Kier molecular flexibility index (Phi) is 7.00. The van der Waals surface area contributed by atoms with E-state index >= 15 is 0 Å². The summed E-state index contributed by atoms with van der Waals surface area (Å²) in [6.07, 6.45) is 6.70. The van der Waals surface area contributed by atoms with Crippen LogP contribution in [0.25, 0.3) is 0 Å². The number of phenols is 1. The van der Waals surface area contributed by atoms with E-state index < -0.39 is 45.2 Å². The molecule has 2 saturated heterocycles. The predicted octanol–water partition coefficient (Wildman–Crippen LogP) is 5.10. The summed E-state index contributed by atoms with van der Waals surface area (Å²) in [6, 6.07) is 2.87. The van der Waals surface area contributed by atoms with E-state index in [0.29, 0.717) is 17.6 Å². The van der Waals surface area contributed by atoms with Crippen LogP contribution in [0.15, 0.2) is 23.8 Å². The van der Waals surface area contributed by atoms with Gasteiger partial charge in [0.25, 0.3) is 11.8 Å². The van der Waals surface area contributed by atoms with Gasteiger partial charge in [-0.25, -0.2) is 0 Å². The van der Waals surface area contributed by atoms with Gasteiger partial charge in [-0.15, -0.1) is 23.2 Å². The molecule has 0 radical (unpaired) electrons. The number of likely N-dealkylation sites (tertiary alicyclic amines) is 2. The van der Waals surface area contributed by atoms with Crippen LogP contribution in [0.1, 0.15) is 56.4 Å². The van der Waals surface area contributed by atoms with E-state index in [4.69, 9.17) is 39.5 Å². The molecule has 5 aliphatic rings. The van der Waals surface area contributed by atoms with Crippen LogP contribution < -0.4 is 4.74 Å². The molecule has 2 aliphatic heterocycles. The van der Waals surface area contributed by atoms with Crippen molar-refractivity contribution >= 4 is 74.4 Å². The zero-order valence-electron chi connectivity index (χ0n) is 21.7. The number of alkyl halides is 3. The number of halogens is 4. The second-order valence-electron chi connectivity index (χ2n) is 11.4. The molecule has 6 atom stereocenters. The third-order valence-corrected chi connectivity index (χ3v) is 11.8. The molecule has 0 spiro atoms. The number of hydrogen-bond donors (Lipinski definition) is 1. The molecule has 12 heteroatoms. The summed E-state index contributed by atoms with van der Waals surface area (Å²) in [5.74, 6) is -4.84. The largest absolute Gasteiger partial charge is 0.503 e. The molecule has 2 saturated carbocycles. The zero-order chi connectivity index (χ0) is 28.7. The van der Waals surface area contributed by atoms with E-state index in [0.717, 1.165) is 37.0 Å². The van der Waals surface area contributed by atoms with Crippen molar-refractivity contribution in [1.29, 1.82) is 0 Å². The minimum atomic E-state index is -1.95. The van der Waals surface area contributed by atoms with Gasteiger partial charge in [0.15, 0.2) is 21.2 Å². The van der Waals surface area contributed by atoms with E-state index in [2.05, 4.69) is 15.9 Å². The highest BCUT2D eigenvalue weighted by molar-refractivity contribution is 9.09. The highest BCUT2D eigenvalue weighted by Gasteiger charge is 2.76. The molecule has 1 aromatic rings. The van der Waals surface area contributed by atoms with Crippen LogP contribution in [-0.4, -0.2) is 66.9 Å². The summed E-state index contributed by atoms with van der Waals surface area (Å²) >= 11 is 24.1. The van der Waals surface area contributed by atoms with Crippen LogP contribution in [-0.2, 0) is 19.2 Å². The molecule has 1 aromatic carbocycles. The molecular formula is C28H28BrCl3N2O6. The first-order valence-electron chi connectivity index (χ1n) is 13.4. The molecule has 8 nitrogen and oxygen atoms in total. The number of methoxy groups -OCH3 is 1. The third-order valence-electron chi connectivity index (χ3n) is 9.59. The number of amides is 4. The molecule has 0 bridgehead atoms. The number of allylic oxidation sites excluding steroid dienone is 2. The van der Waals surface area contributed by atoms with E-state index in [1.54, 1.807) is 0 Å². The van der Waals surface area contributed by atoms with Crippen LogP contribution in [0, 0.1) is 17.8 Å². The van der Waals surface area contributed by atoms with E-state index in [1.165, 1.54) is 24.1 Å². The molecule has 0 aromatic heterocycles. The second kappa shape index (κ2) is 9.89. The fourth-order valence-corrected chi connectivity index (χ4v) is 9.41. The molecule has 3 aliphatic carbocycles. The average Bonchev–Trinajstić information content (AvgIpc) is 3.28. The first-order valence-corrected chi connectivity index (χ1v) is 15.7. The lowest BCUT2D eigenvalue weighted by molar-refractivity contribution is -0.144. The van der Waals surface area contributed by atoms with Gasteiger partial charge in [0, 0.05) is 12.0 Å². The first-order chi connectivity index (χ1) is 19.0. The standard InChI is InChI=1S/C28H28BrCl3N2O6/c1-40-19-10-13(9-18(30)22(19)35)21-15-7-8-16-20(24(37)34(23(16)36)14-5-3-2-4-6-14)17(15)11-27(31)25(38)33(12-29)26(39)28(21,27)32/h7,9-10,14,16-17,20-21,35H,2-6,8,11-12H2,1H3/t16-,17+,20-,21-,27+,28-/m0/s1. The Morgan fingerprint density at radius 3 is 2.40 bits per heavy atom. The van der Waals surface area contributed by atoms with E-state index in [9.17, 15) is 24.3 Å². The third kappa shape index (κ3) is 3.62. The van der Waals surface area contributed by atoms with Crippen molar-refractivity contribution in [3.8, 4) is 11.5 Å². The monoisotopic (exact) mass is 672 g/mol. The van der Waals surface area contributed by atoms with Gasteiger partial charge in [-0.1, -0.05) is 58.4 Å². The van der Waals surface area contributed by atoms with Crippen LogP contribution in [0.2, 0.25) is 5.02 Å². The van der Waals surface area contributed by atoms with Gasteiger partial charge in [-0.05, 0) is 49.3 Å². The van der Waals surface area contributed by atoms with Crippen LogP contribution >= 0.6 is 50.7 Å². The summed E-state index contributed by atoms with van der Waals surface area (Å²) < 4.78 is 5.33. The normalized spacial score (nSPS) is 36.0. The maximum absolute atomic E-state index is 14.0. The summed E-state index contributed by atoms with van der Waals surface area (Å²) in [5.41, 5.74) is 0.968. The Bertz CT molecular complexity index is 1370. The fraction of sp³-hybridized carbons (Fsp3) is 0.571. The number of hydrogen-bond acceptors (Lipinski definition) is 6. The number of carbonyl (C=O) groups excluding carboxylic acids is 4. The Balaban J connectivity index is 1.52. The number of rotatable bonds is 4. The van der Waals surface area contributed by atoms with Crippen molar-refractivity contribution in [2.75, 3.05) is 12.6 Å². The fourth-order valence-electron chi connectivity index (χ4n) is 7.77. The minimum Gasteiger partial charge on any atom is -0.503 e. The quantitative estimate of drug-likeness (QED) is 0.207. The molecule has 4 fully saturated rings. The average molecular weight is 675 g/mol. The zero-order valence-corrected chi connectivity index (χ0v) is 25.5. The number of imide groups is 2. The lowest BCUT2D eigenvalue weighted by atomic mass is 9.56. The number of phenolic OH excluding ortho intramolecular Hbond substituents is 1. The van der Waals surface area contributed by atoms with E-state index in [1.807, 2.05) is 6.08 Å². The topological polar surface area (TPSA) is 104 Å². The van der Waals surface area contributed by atoms with Crippen LogP contribution in [0.4, 0.5) is 0 Å². The minimum absolute atomic E-state index is 0.0316. The number of benzene rings is 1. The van der Waals surface area contributed by atoms with Crippen molar-refractivity contribution in [2.45, 2.75) is 66.7 Å². The Morgan fingerprint density at radius 2 is 1.75 bits per heavy atom. The van der Waals surface area contributed by atoms with Crippen molar-refractivity contribution in [3.05, 3.63) is 34.4 Å². The molecule has 1 N–H and O–H groups in total. The second-order valence-corrected chi connectivity index (χ2v) is 13.5. The Labute approximate surface area is 255 Å². The van der Waals surface area contributed by atoms with Gasteiger partial charge >= 0.3 is 0 Å². The number of fused-ring (bicyclic) bond motifs is 4. The van der Waals surface area contributed by atoms with Crippen molar-refractivity contribution in [1.82, 2.24) is 9.80 Å². The molecule has 2 heterocycles. The predicted molar refractivity (Wildman–Crippen MR) is 152 cm³/mol. The van der Waals surface area contributed by atoms with Crippen LogP contribution in [0.5, 0.6) is 11.5 Å². The van der Waals surface area contributed by atoms with Crippen LogP contribution in [0.3, 0.4) is 0 Å². The highest BCUT2D eigenvalue weighted by Crippen LogP contribution is 2.66. The van der Waals surface area contributed by atoms with Gasteiger partial charge in [0.2, 0.25) is 11.8 Å². The maximum Gasteiger partial charge on any atom is 0.254 e. The summed E-state index contributed by atoms with van der Waals surface area (Å²) in [6.45, 7) is 0.